The number of carboxylic acid groups (broad SMARTS) is 1. The van der Waals surface area contributed by atoms with Crippen LogP contribution in [0.15, 0.2) is 54.7 Å². The maximum absolute atomic E-state index is 15.5. The molecule has 6 rings (SSSR count). The Hall–Kier alpha value is -4.97. The number of nitrogens with zero attached hydrogens (tertiary/aromatic N) is 4. The Labute approximate surface area is 249 Å². The Bertz CT molecular complexity index is 1890. The van der Waals surface area contributed by atoms with Crippen molar-refractivity contribution >= 4 is 17.0 Å². The Morgan fingerprint density at radius 2 is 1.86 bits per heavy atom. The van der Waals surface area contributed by atoms with E-state index in [9.17, 15) is 14.3 Å². The second-order valence-corrected chi connectivity index (χ2v) is 10.5. The van der Waals surface area contributed by atoms with Crippen molar-refractivity contribution in [3.63, 3.8) is 0 Å². The molecule has 0 unspecified atom stereocenters. The summed E-state index contributed by atoms with van der Waals surface area (Å²) in [5, 5.41) is 9.42. The van der Waals surface area contributed by atoms with E-state index in [4.69, 9.17) is 14.2 Å². The first-order valence-electron chi connectivity index (χ1n) is 13.8. The van der Waals surface area contributed by atoms with Gasteiger partial charge >= 0.3 is 12.0 Å². The average Bonchev–Trinajstić information content (AvgIpc) is 3.33. The van der Waals surface area contributed by atoms with Gasteiger partial charge in [-0.2, -0.15) is 4.98 Å². The molecule has 3 heterocycles. The molecule has 1 N–H and O–H groups in total. The van der Waals surface area contributed by atoms with Crippen molar-refractivity contribution in [2.45, 2.75) is 39.0 Å². The van der Waals surface area contributed by atoms with Gasteiger partial charge in [0.25, 0.3) is 0 Å². The van der Waals surface area contributed by atoms with Crippen molar-refractivity contribution in [2.24, 2.45) is 0 Å². The third-order valence-corrected chi connectivity index (χ3v) is 7.51. The smallest absolute Gasteiger partial charge is 0.335 e. The number of methoxy groups -OCH3 is 1. The van der Waals surface area contributed by atoms with Gasteiger partial charge in [-0.3, -0.25) is 0 Å². The summed E-state index contributed by atoms with van der Waals surface area (Å²) in [6.45, 7) is 2.87. The van der Waals surface area contributed by atoms with Crippen molar-refractivity contribution in [3.05, 3.63) is 100 Å². The summed E-state index contributed by atoms with van der Waals surface area (Å²) in [5.74, 6) is -2.69. The van der Waals surface area contributed by atoms with Crippen LogP contribution in [0.2, 0.25) is 0 Å². The van der Waals surface area contributed by atoms with Gasteiger partial charge in [-0.1, -0.05) is 12.1 Å². The number of hydrogen-bond acceptors (Lipinski definition) is 7. The van der Waals surface area contributed by atoms with Crippen LogP contribution in [0.5, 0.6) is 11.8 Å². The molecule has 0 saturated carbocycles. The van der Waals surface area contributed by atoms with Crippen molar-refractivity contribution < 1.29 is 37.3 Å². The molecule has 9 nitrogen and oxygen atoms in total. The number of benzene rings is 3. The molecule has 3 aromatic carbocycles. The number of fused-ring (bicyclic) bond motifs is 1. The third-order valence-electron chi connectivity index (χ3n) is 7.51. The van der Waals surface area contributed by atoms with E-state index in [2.05, 4.69) is 15.0 Å². The number of hydrogen-bond donors (Lipinski definition) is 1. The molecule has 226 valence electrons. The summed E-state index contributed by atoms with van der Waals surface area (Å²) >= 11 is 0. The lowest BCUT2D eigenvalue weighted by Crippen LogP contribution is -2.31. The zero-order chi connectivity index (χ0) is 31.0. The van der Waals surface area contributed by atoms with Crippen LogP contribution in [0.3, 0.4) is 0 Å². The zero-order valence-electron chi connectivity index (χ0n) is 23.8. The molecule has 1 aliphatic rings. The van der Waals surface area contributed by atoms with Crippen molar-refractivity contribution in [1.29, 1.82) is 0 Å². The lowest BCUT2D eigenvalue weighted by atomic mass is 10.0. The highest BCUT2D eigenvalue weighted by Gasteiger charge is 2.25. The molecule has 1 fully saturated rings. The second kappa shape index (κ2) is 12.0. The van der Waals surface area contributed by atoms with E-state index < -0.39 is 23.4 Å². The van der Waals surface area contributed by atoms with E-state index in [1.54, 1.807) is 11.7 Å². The minimum atomic E-state index is -1.29. The molecular weight excluding hydrogens is 577 g/mol. The van der Waals surface area contributed by atoms with Crippen molar-refractivity contribution in [1.82, 2.24) is 19.5 Å². The standard InChI is InChI=1S/C32H27F3N4O5/c1-17-3-4-18(28(9-17)42-2)16-44-32-36-7-5-26(37-32)22-14-23(33)19(10-24(22)34)13-29-38-30-25(35)11-20(31(40)41)12-27(30)39(29)15-21-6-8-43-21/h3-5,7,9-12,14,21H,6,8,13,15-16H2,1-2H3,(H,40,41)/t21-/m0/s1. The second-order valence-electron chi connectivity index (χ2n) is 10.5. The van der Waals surface area contributed by atoms with Gasteiger partial charge in [0.15, 0.2) is 5.82 Å². The lowest BCUT2D eigenvalue weighted by molar-refractivity contribution is -0.0589. The Kier molecular flexibility index (Phi) is 7.92. The van der Waals surface area contributed by atoms with Gasteiger partial charge in [0.05, 0.1) is 36.5 Å². The van der Waals surface area contributed by atoms with Gasteiger partial charge in [-0.25, -0.2) is 27.9 Å². The van der Waals surface area contributed by atoms with E-state index in [0.717, 1.165) is 35.7 Å². The molecule has 12 heteroatoms. The van der Waals surface area contributed by atoms with E-state index in [1.165, 1.54) is 18.3 Å². The first kappa shape index (κ1) is 29.1. The fourth-order valence-electron chi connectivity index (χ4n) is 5.09. The summed E-state index contributed by atoms with van der Waals surface area (Å²) in [4.78, 5) is 24.3. The zero-order valence-corrected chi connectivity index (χ0v) is 23.8. The molecule has 1 aliphatic heterocycles. The van der Waals surface area contributed by atoms with Crippen LogP contribution in [0.1, 0.15) is 39.3 Å². The maximum atomic E-state index is 15.5. The quantitative estimate of drug-likeness (QED) is 0.211. The highest BCUT2D eigenvalue weighted by atomic mass is 19.1. The summed E-state index contributed by atoms with van der Waals surface area (Å²) in [6, 6.07) is 11.4. The molecule has 2 aromatic heterocycles. The molecule has 1 saturated heterocycles. The molecule has 44 heavy (non-hydrogen) atoms. The monoisotopic (exact) mass is 604 g/mol. The molecule has 0 radical (unpaired) electrons. The number of carboxylic acids is 1. The Balaban J connectivity index is 1.28. The largest absolute Gasteiger partial charge is 0.496 e. The highest BCUT2D eigenvalue weighted by Crippen LogP contribution is 2.30. The van der Waals surface area contributed by atoms with Gasteiger partial charge in [-0.15, -0.1) is 0 Å². The van der Waals surface area contributed by atoms with Crippen LogP contribution in [0.4, 0.5) is 13.2 Å². The number of aromatic nitrogens is 4. The van der Waals surface area contributed by atoms with Gasteiger partial charge in [0, 0.05) is 30.4 Å². The Morgan fingerprint density at radius 3 is 2.59 bits per heavy atom. The number of carbonyl (C=O) groups is 1. The number of imidazole rings is 1. The van der Waals surface area contributed by atoms with Gasteiger partial charge < -0.3 is 23.9 Å². The van der Waals surface area contributed by atoms with Gasteiger partial charge in [0.2, 0.25) is 0 Å². The minimum absolute atomic E-state index is 0.0202. The normalized spacial score (nSPS) is 14.4. The van der Waals surface area contributed by atoms with Gasteiger partial charge in [0.1, 0.15) is 35.3 Å². The predicted octanol–water partition coefficient (Wildman–Crippen LogP) is 5.88. The first-order chi connectivity index (χ1) is 21.2. The van der Waals surface area contributed by atoms with E-state index in [0.29, 0.717) is 12.4 Å². The fourth-order valence-corrected chi connectivity index (χ4v) is 5.09. The van der Waals surface area contributed by atoms with Crippen LogP contribution in [0, 0.1) is 24.4 Å². The highest BCUT2D eigenvalue weighted by molar-refractivity contribution is 5.92. The lowest BCUT2D eigenvalue weighted by Gasteiger charge is -2.27. The summed E-state index contributed by atoms with van der Waals surface area (Å²) in [7, 11) is 1.56. The van der Waals surface area contributed by atoms with Crippen LogP contribution >= 0.6 is 0 Å². The number of aryl methyl sites for hydroxylation is 1. The fraction of sp³-hybridized carbons (Fsp3) is 0.250. The van der Waals surface area contributed by atoms with Crippen LogP contribution < -0.4 is 9.47 Å². The number of rotatable bonds is 10. The topological polar surface area (TPSA) is 109 Å². The third kappa shape index (κ3) is 5.80. The molecular formula is C32H27F3N4O5. The molecule has 5 aromatic rings. The molecule has 1 atom stereocenters. The first-order valence-corrected chi connectivity index (χ1v) is 13.8. The Morgan fingerprint density at radius 1 is 1.05 bits per heavy atom. The molecule has 0 bridgehead atoms. The van der Waals surface area contributed by atoms with Crippen molar-refractivity contribution in [3.8, 4) is 23.0 Å². The van der Waals surface area contributed by atoms with Crippen LogP contribution in [0.25, 0.3) is 22.3 Å². The van der Waals surface area contributed by atoms with Crippen LogP contribution in [-0.4, -0.2) is 50.4 Å². The molecule has 0 aliphatic carbocycles. The molecule has 0 amide bonds. The van der Waals surface area contributed by atoms with Gasteiger partial charge in [-0.05, 0) is 60.9 Å². The number of ether oxygens (including phenoxy) is 3. The predicted molar refractivity (Wildman–Crippen MR) is 153 cm³/mol. The summed E-state index contributed by atoms with van der Waals surface area (Å²) < 4.78 is 64.1. The average molecular weight is 605 g/mol. The minimum Gasteiger partial charge on any atom is -0.496 e. The van der Waals surface area contributed by atoms with E-state index >= 15 is 8.78 Å². The van der Waals surface area contributed by atoms with E-state index in [-0.39, 0.29) is 70.9 Å². The SMILES string of the molecule is COc1cc(C)ccc1COc1nccc(-c2cc(F)c(Cc3nc4c(F)cc(C(=O)O)cc4n3C[C@@H]3CCO3)cc2F)n1. The number of aromatic carboxylic acids is 1. The summed E-state index contributed by atoms with van der Waals surface area (Å²) in [6.07, 6.45) is 1.78. The van der Waals surface area contributed by atoms with Crippen LogP contribution in [-0.2, 0) is 24.3 Å². The summed E-state index contributed by atoms with van der Waals surface area (Å²) in [5.41, 5.74) is 1.72. The van der Waals surface area contributed by atoms with Crippen molar-refractivity contribution in [2.75, 3.05) is 13.7 Å². The molecule has 0 spiro atoms. The maximum Gasteiger partial charge on any atom is 0.335 e. The number of halogens is 3. The van der Waals surface area contributed by atoms with E-state index in [1.807, 2.05) is 25.1 Å².